The minimum Gasteiger partial charge on any atom is -0.338 e. The van der Waals surface area contributed by atoms with Gasteiger partial charge in [0.2, 0.25) is 5.91 Å². The van der Waals surface area contributed by atoms with Gasteiger partial charge >= 0.3 is 6.03 Å². The van der Waals surface area contributed by atoms with Crippen molar-refractivity contribution < 1.29 is 9.59 Å². The Morgan fingerprint density at radius 3 is 2.28 bits per heavy atom. The van der Waals surface area contributed by atoms with E-state index in [1.54, 1.807) is 4.90 Å². The number of nitrogens with zero attached hydrogens (tertiary/aromatic N) is 3. The molecule has 1 aromatic rings. The lowest BCUT2D eigenvalue weighted by Crippen LogP contribution is -2.63. The molecule has 2 aliphatic rings. The maximum absolute atomic E-state index is 13.0. The molecule has 2 saturated heterocycles. The second-order valence-electron chi connectivity index (χ2n) is 9.17. The van der Waals surface area contributed by atoms with Crippen LogP contribution in [0.1, 0.15) is 31.9 Å². The van der Waals surface area contributed by atoms with Crippen LogP contribution in [0.25, 0.3) is 0 Å². The van der Waals surface area contributed by atoms with Crippen molar-refractivity contribution >= 4 is 17.6 Å². The number of nitrogens with one attached hydrogen (secondary N) is 2. The summed E-state index contributed by atoms with van der Waals surface area (Å²) < 4.78 is 0. The topological polar surface area (TPSA) is 67.9 Å². The van der Waals surface area contributed by atoms with Gasteiger partial charge in [-0.05, 0) is 57.9 Å². The van der Waals surface area contributed by atoms with Crippen LogP contribution in [0.5, 0.6) is 0 Å². The fourth-order valence-electron chi connectivity index (χ4n) is 3.90. The van der Waals surface area contributed by atoms with Gasteiger partial charge in [0.15, 0.2) is 0 Å². The summed E-state index contributed by atoms with van der Waals surface area (Å²) in [7, 11) is 0. The lowest BCUT2D eigenvalue weighted by atomic mass is 10.0. The highest BCUT2D eigenvalue weighted by molar-refractivity contribution is 5.90. The predicted molar refractivity (Wildman–Crippen MR) is 116 cm³/mol. The number of carbonyl (C=O) groups is 2. The minimum atomic E-state index is -0.168. The number of benzene rings is 1. The largest absolute Gasteiger partial charge is 0.338 e. The molecule has 160 valence electrons. The van der Waals surface area contributed by atoms with Gasteiger partial charge < -0.3 is 20.4 Å². The van der Waals surface area contributed by atoms with E-state index in [9.17, 15) is 9.59 Å². The van der Waals surface area contributed by atoms with Gasteiger partial charge in [-0.15, -0.1) is 0 Å². The van der Waals surface area contributed by atoms with Crippen LogP contribution in [0.2, 0.25) is 0 Å². The van der Waals surface area contributed by atoms with Crippen molar-refractivity contribution in [3.05, 3.63) is 29.3 Å². The molecule has 0 bridgehead atoms. The van der Waals surface area contributed by atoms with Gasteiger partial charge in [0, 0.05) is 57.0 Å². The van der Waals surface area contributed by atoms with Crippen LogP contribution in [0, 0.1) is 13.8 Å². The molecule has 7 heteroatoms. The van der Waals surface area contributed by atoms with Crippen molar-refractivity contribution in [3.63, 3.8) is 0 Å². The Labute approximate surface area is 174 Å². The average Bonchev–Trinajstić information content (AvgIpc) is 2.70. The molecule has 0 spiro atoms. The number of piperazine rings is 2. The maximum Gasteiger partial charge on any atom is 0.321 e. The molecule has 1 atom stereocenters. The van der Waals surface area contributed by atoms with Crippen molar-refractivity contribution in [1.82, 2.24) is 20.0 Å². The maximum atomic E-state index is 13.0. The standard InChI is InChI=1S/C22H35N5O2/c1-16-6-7-18(14-17(16)2)24-21(29)26-12-10-25(11-13-26)20(28)19-15-27(9-8-23-19)22(3,4)5/h6-7,14,19,23H,8-13,15H2,1-5H3,(H,24,29). The molecule has 0 aliphatic carbocycles. The summed E-state index contributed by atoms with van der Waals surface area (Å²) in [6.07, 6.45) is 0. The highest BCUT2D eigenvalue weighted by Crippen LogP contribution is 2.18. The van der Waals surface area contributed by atoms with Gasteiger partial charge in [-0.2, -0.15) is 0 Å². The third-order valence-corrected chi connectivity index (χ3v) is 6.06. The average molecular weight is 402 g/mol. The first kappa shape index (κ1) is 21.6. The Morgan fingerprint density at radius 2 is 1.66 bits per heavy atom. The van der Waals surface area contributed by atoms with Gasteiger partial charge in [-0.3, -0.25) is 9.69 Å². The van der Waals surface area contributed by atoms with E-state index in [0.29, 0.717) is 26.2 Å². The molecule has 2 N–H and O–H groups in total. The Kier molecular flexibility index (Phi) is 6.49. The SMILES string of the molecule is Cc1ccc(NC(=O)N2CCN(C(=O)C3CN(C(C)(C)C)CCN3)CC2)cc1C. The van der Waals surface area contributed by atoms with Crippen molar-refractivity contribution in [1.29, 1.82) is 0 Å². The smallest absolute Gasteiger partial charge is 0.321 e. The molecule has 0 radical (unpaired) electrons. The van der Waals surface area contributed by atoms with E-state index in [1.165, 1.54) is 5.56 Å². The summed E-state index contributed by atoms with van der Waals surface area (Å²) in [5.74, 6) is 0.146. The van der Waals surface area contributed by atoms with E-state index in [4.69, 9.17) is 0 Å². The normalized spacial score (nSPS) is 21.2. The summed E-state index contributed by atoms with van der Waals surface area (Å²) in [6.45, 7) is 15.4. The van der Waals surface area contributed by atoms with E-state index >= 15 is 0 Å². The molecular weight excluding hydrogens is 366 g/mol. The van der Waals surface area contributed by atoms with E-state index in [1.807, 2.05) is 30.0 Å². The molecule has 2 fully saturated rings. The number of anilines is 1. The van der Waals surface area contributed by atoms with E-state index < -0.39 is 0 Å². The Balaban J connectivity index is 1.51. The molecule has 0 saturated carbocycles. The van der Waals surface area contributed by atoms with E-state index in [-0.39, 0.29) is 23.5 Å². The molecular formula is C22H35N5O2. The molecule has 29 heavy (non-hydrogen) atoms. The van der Waals surface area contributed by atoms with Gasteiger partial charge in [0.25, 0.3) is 0 Å². The van der Waals surface area contributed by atoms with Gasteiger partial charge in [0.05, 0.1) is 6.04 Å². The van der Waals surface area contributed by atoms with Gasteiger partial charge in [0.1, 0.15) is 0 Å². The zero-order valence-corrected chi connectivity index (χ0v) is 18.4. The van der Waals surface area contributed by atoms with Crippen LogP contribution < -0.4 is 10.6 Å². The predicted octanol–water partition coefficient (Wildman–Crippen LogP) is 2.05. The van der Waals surface area contributed by atoms with Crippen LogP contribution in [0.3, 0.4) is 0 Å². The number of hydrogen-bond donors (Lipinski definition) is 2. The molecule has 3 rings (SSSR count). The highest BCUT2D eigenvalue weighted by Gasteiger charge is 2.34. The lowest BCUT2D eigenvalue weighted by molar-refractivity contribution is -0.136. The van der Waals surface area contributed by atoms with E-state index in [2.05, 4.69) is 43.2 Å². The van der Waals surface area contributed by atoms with Gasteiger partial charge in [-0.25, -0.2) is 4.79 Å². The number of hydrogen-bond acceptors (Lipinski definition) is 4. The summed E-state index contributed by atoms with van der Waals surface area (Å²) in [6, 6.07) is 5.66. The van der Waals surface area contributed by atoms with Crippen LogP contribution >= 0.6 is 0 Å². The summed E-state index contributed by atoms with van der Waals surface area (Å²) in [5.41, 5.74) is 3.23. The number of carbonyl (C=O) groups excluding carboxylic acids is 2. The molecule has 2 aliphatic heterocycles. The quantitative estimate of drug-likeness (QED) is 0.796. The van der Waals surface area contributed by atoms with E-state index in [0.717, 1.165) is 30.9 Å². The molecule has 7 nitrogen and oxygen atoms in total. The van der Waals surface area contributed by atoms with Crippen LogP contribution in [-0.4, -0.2) is 84.0 Å². The van der Waals surface area contributed by atoms with Crippen LogP contribution in [-0.2, 0) is 4.79 Å². The number of urea groups is 1. The molecule has 0 aromatic heterocycles. The minimum absolute atomic E-state index is 0.0613. The lowest BCUT2D eigenvalue weighted by Gasteiger charge is -2.43. The fraction of sp³-hybridized carbons (Fsp3) is 0.636. The zero-order chi connectivity index (χ0) is 21.2. The second kappa shape index (κ2) is 8.71. The molecule has 2 heterocycles. The van der Waals surface area contributed by atoms with Crippen molar-refractivity contribution in [2.24, 2.45) is 0 Å². The van der Waals surface area contributed by atoms with Gasteiger partial charge in [-0.1, -0.05) is 6.07 Å². The Morgan fingerprint density at radius 1 is 1.00 bits per heavy atom. The number of rotatable bonds is 2. The first-order valence-electron chi connectivity index (χ1n) is 10.6. The summed E-state index contributed by atoms with van der Waals surface area (Å²) in [4.78, 5) is 31.6. The molecule has 1 unspecified atom stereocenters. The third kappa shape index (κ3) is 5.28. The van der Waals surface area contributed by atoms with Crippen molar-refractivity contribution in [2.45, 2.75) is 46.2 Å². The first-order valence-corrected chi connectivity index (χ1v) is 10.6. The monoisotopic (exact) mass is 401 g/mol. The Hall–Kier alpha value is -2.12. The Bertz CT molecular complexity index is 750. The van der Waals surface area contributed by atoms with Crippen molar-refractivity contribution in [2.75, 3.05) is 51.1 Å². The zero-order valence-electron chi connectivity index (χ0n) is 18.4. The summed E-state index contributed by atoms with van der Waals surface area (Å²) in [5, 5.41) is 6.34. The fourth-order valence-corrected chi connectivity index (χ4v) is 3.90. The number of amides is 3. The highest BCUT2D eigenvalue weighted by atomic mass is 16.2. The van der Waals surface area contributed by atoms with Crippen LogP contribution in [0.15, 0.2) is 18.2 Å². The van der Waals surface area contributed by atoms with Crippen molar-refractivity contribution in [3.8, 4) is 0 Å². The molecule has 3 amide bonds. The molecule has 1 aromatic carbocycles. The third-order valence-electron chi connectivity index (χ3n) is 6.06. The first-order chi connectivity index (χ1) is 13.6. The second-order valence-corrected chi connectivity index (χ2v) is 9.17. The summed E-state index contributed by atoms with van der Waals surface area (Å²) >= 11 is 0. The van der Waals surface area contributed by atoms with Crippen LogP contribution in [0.4, 0.5) is 10.5 Å². The number of aryl methyl sites for hydroxylation is 2.